The van der Waals surface area contributed by atoms with Crippen molar-refractivity contribution < 1.29 is 8.42 Å². The quantitative estimate of drug-likeness (QED) is 0.825. The normalized spacial score (nSPS) is 12.9. The van der Waals surface area contributed by atoms with Crippen molar-refractivity contribution in [1.29, 1.82) is 0 Å². The minimum absolute atomic E-state index is 0.319. The molecule has 0 saturated carbocycles. The summed E-state index contributed by atoms with van der Waals surface area (Å²) in [5.41, 5.74) is -0.441. The number of thiophene rings is 1. The Morgan fingerprint density at radius 1 is 1.44 bits per heavy atom. The Kier molecular flexibility index (Phi) is 5.37. The van der Waals surface area contributed by atoms with Crippen molar-refractivity contribution in [2.45, 2.75) is 44.2 Å². The highest BCUT2D eigenvalue weighted by Gasteiger charge is 2.27. The average molecular weight is 355 g/mol. The molecule has 2 N–H and O–H groups in total. The van der Waals surface area contributed by atoms with Crippen molar-refractivity contribution in [2.24, 2.45) is 0 Å². The van der Waals surface area contributed by atoms with Gasteiger partial charge in [0.25, 0.3) is 0 Å². The molecular weight excluding hydrogens is 336 g/mol. The van der Waals surface area contributed by atoms with E-state index in [0.29, 0.717) is 15.2 Å². The van der Waals surface area contributed by atoms with Gasteiger partial charge in [-0.15, -0.1) is 11.3 Å². The van der Waals surface area contributed by atoms with Crippen LogP contribution in [0.1, 0.15) is 32.1 Å². The minimum Gasteiger partial charge on any atom is -0.315 e. The summed E-state index contributed by atoms with van der Waals surface area (Å²) in [6.45, 7) is 6.37. The van der Waals surface area contributed by atoms with Crippen LogP contribution in [0, 0.1) is 0 Å². The Balaban J connectivity index is 3.05. The molecule has 0 amide bonds. The highest BCUT2D eigenvalue weighted by Crippen LogP contribution is 2.32. The van der Waals surface area contributed by atoms with Crippen molar-refractivity contribution in [1.82, 2.24) is 10.0 Å². The van der Waals surface area contributed by atoms with Crippen LogP contribution in [0.4, 0.5) is 0 Å². The molecule has 1 heterocycles. The lowest BCUT2D eigenvalue weighted by Crippen LogP contribution is -2.42. The van der Waals surface area contributed by atoms with E-state index in [1.54, 1.807) is 6.07 Å². The molecule has 104 valence electrons. The first-order valence-corrected chi connectivity index (χ1v) is 8.78. The van der Waals surface area contributed by atoms with Crippen LogP contribution in [0.3, 0.4) is 0 Å². The summed E-state index contributed by atoms with van der Waals surface area (Å²) >= 11 is 4.76. The van der Waals surface area contributed by atoms with Gasteiger partial charge in [0.1, 0.15) is 4.90 Å². The highest BCUT2D eigenvalue weighted by molar-refractivity contribution is 9.11. The van der Waals surface area contributed by atoms with Crippen molar-refractivity contribution in [3.63, 3.8) is 0 Å². The predicted molar refractivity (Wildman–Crippen MR) is 79.5 cm³/mol. The summed E-state index contributed by atoms with van der Waals surface area (Å²) in [7, 11) is -1.64. The molecule has 0 spiro atoms. The van der Waals surface area contributed by atoms with Gasteiger partial charge in [-0.25, -0.2) is 13.1 Å². The largest absolute Gasteiger partial charge is 0.315 e. The van der Waals surface area contributed by atoms with Crippen molar-refractivity contribution >= 4 is 37.3 Å². The van der Waals surface area contributed by atoms with Gasteiger partial charge in [0.15, 0.2) is 0 Å². The van der Waals surface area contributed by atoms with Gasteiger partial charge in [-0.2, -0.15) is 0 Å². The van der Waals surface area contributed by atoms with Crippen LogP contribution >= 0.6 is 27.3 Å². The van der Waals surface area contributed by atoms with Gasteiger partial charge in [0, 0.05) is 17.0 Å². The molecule has 0 fully saturated rings. The molecule has 0 aliphatic heterocycles. The second-order valence-electron chi connectivity index (χ2n) is 4.72. The lowest BCUT2D eigenvalue weighted by atomic mass is 10.0. The first-order chi connectivity index (χ1) is 8.22. The van der Waals surface area contributed by atoms with E-state index in [4.69, 9.17) is 0 Å². The Morgan fingerprint density at radius 3 is 2.56 bits per heavy atom. The number of nitrogens with one attached hydrogen (secondary N) is 2. The number of hydrogen-bond acceptors (Lipinski definition) is 4. The lowest BCUT2D eigenvalue weighted by Gasteiger charge is -2.23. The van der Waals surface area contributed by atoms with E-state index in [-0.39, 0.29) is 0 Å². The lowest BCUT2D eigenvalue weighted by molar-refractivity contribution is 0.439. The van der Waals surface area contributed by atoms with Crippen LogP contribution in [-0.4, -0.2) is 21.0 Å². The fourth-order valence-corrected chi connectivity index (χ4v) is 5.51. The number of rotatable bonds is 6. The molecule has 0 atom stereocenters. The smallest absolute Gasteiger partial charge is 0.243 e. The highest BCUT2D eigenvalue weighted by atomic mass is 79.9. The van der Waals surface area contributed by atoms with E-state index in [0.717, 1.165) is 11.3 Å². The first kappa shape index (κ1) is 16.1. The molecule has 18 heavy (non-hydrogen) atoms. The van der Waals surface area contributed by atoms with Crippen LogP contribution < -0.4 is 10.0 Å². The van der Waals surface area contributed by atoms with Gasteiger partial charge < -0.3 is 5.32 Å². The third kappa shape index (κ3) is 4.03. The maximum atomic E-state index is 12.3. The van der Waals surface area contributed by atoms with E-state index < -0.39 is 15.6 Å². The monoisotopic (exact) mass is 354 g/mol. The zero-order chi connectivity index (χ0) is 14.0. The van der Waals surface area contributed by atoms with Crippen molar-refractivity contribution in [2.75, 3.05) is 7.05 Å². The predicted octanol–water partition coefficient (Wildman–Crippen LogP) is 2.70. The molecule has 1 aromatic rings. The second-order valence-corrected chi connectivity index (χ2v) is 8.83. The van der Waals surface area contributed by atoms with Gasteiger partial charge in [-0.3, -0.25) is 0 Å². The minimum atomic E-state index is -3.47. The van der Waals surface area contributed by atoms with E-state index in [2.05, 4.69) is 26.0 Å². The van der Waals surface area contributed by atoms with Crippen LogP contribution in [0.5, 0.6) is 0 Å². The van der Waals surface area contributed by atoms with Crippen LogP contribution in [0.2, 0.25) is 0 Å². The summed E-state index contributed by atoms with van der Waals surface area (Å²) in [4.78, 5) is 1.30. The van der Waals surface area contributed by atoms with Crippen LogP contribution in [0.25, 0.3) is 0 Å². The first-order valence-electron chi connectivity index (χ1n) is 5.68. The van der Waals surface area contributed by atoms with Gasteiger partial charge in [0.2, 0.25) is 10.0 Å². The van der Waals surface area contributed by atoms with E-state index in [1.807, 2.05) is 27.8 Å². The molecule has 1 rings (SSSR count). The molecule has 0 aliphatic rings. The van der Waals surface area contributed by atoms with E-state index in [1.165, 1.54) is 11.3 Å². The second kappa shape index (κ2) is 6.00. The Bertz CT molecular complexity index is 509. The summed E-state index contributed by atoms with van der Waals surface area (Å²) in [5, 5.41) is 3.01. The van der Waals surface area contributed by atoms with Gasteiger partial charge >= 0.3 is 0 Å². The maximum Gasteiger partial charge on any atom is 0.243 e. The molecule has 4 nitrogen and oxygen atoms in total. The summed E-state index contributed by atoms with van der Waals surface area (Å²) in [6, 6.07) is 1.71. The van der Waals surface area contributed by atoms with Gasteiger partial charge in [-0.05, 0) is 49.3 Å². The molecule has 0 radical (unpaired) electrons. The van der Waals surface area contributed by atoms with Crippen LogP contribution in [0.15, 0.2) is 14.7 Å². The molecule has 0 bridgehead atoms. The molecule has 7 heteroatoms. The number of sulfonamides is 1. The average Bonchev–Trinajstić information content (AvgIpc) is 2.59. The van der Waals surface area contributed by atoms with Crippen molar-refractivity contribution in [3.8, 4) is 0 Å². The van der Waals surface area contributed by atoms with Crippen LogP contribution in [-0.2, 0) is 16.6 Å². The van der Waals surface area contributed by atoms with E-state index >= 15 is 0 Å². The molecule has 0 unspecified atom stereocenters. The molecule has 0 saturated heterocycles. The fraction of sp³-hybridized carbons (Fsp3) is 0.636. The third-order valence-corrected chi connectivity index (χ3v) is 6.59. The number of halogens is 1. The zero-order valence-electron chi connectivity index (χ0n) is 11.0. The summed E-state index contributed by atoms with van der Waals surface area (Å²) in [5.74, 6) is 0. The Labute approximate surface area is 121 Å². The van der Waals surface area contributed by atoms with E-state index in [9.17, 15) is 8.42 Å². The Hall–Kier alpha value is 0.0500. The summed E-state index contributed by atoms with van der Waals surface area (Å²) < 4.78 is 27.9. The van der Waals surface area contributed by atoms with Gasteiger partial charge in [0.05, 0.1) is 3.79 Å². The maximum absolute atomic E-state index is 12.3. The standard InChI is InChI=1S/C11H19BrN2O2S2/c1-5-11(2,3)14-18(15,16)9-6-8(7-13-4)17-10(9)12/h6,13-14H,5,7H2,1-4H3. The van der Waals surface area contributed by atoms with Crippen molar-refractivity contribution in [3.05, 3.63) is 14.7 Å². The number of hydrogen-bond donors (Lipinski definition) is 2. The Morgan fingerprint density at radius 2 is 2.06 bits per heavy atom. The molecule has 0 aromatic carbocycles. The zero-order valence-corrected chi connectivity index (χ0v) is 14.2. The summed E-state index contributed by atoms with van der Waals surface area (Å²) in [6.07, 6.45) is 0.733. The SMILES string of the molecule is CCC(C)(C)NS(=O)(=O)c1cc(CNC)sc1Br. The third-order valence-electron chi connectivity index (χ3n) is 2.64. The fourth-order valence-electron chi connectivity index (χ4n) is 1.33. The molecule has 1 aromatic heterocycles. The molecule has 0 aliphatic carbocycles. The molecular formula is C11H19BrN2O2S2. The topological polar surface area (TPSA) is 58.2 Å². The van der Waals surface area contributed by atoms with Gasteiger partial charge in [-0.1, -0.05) is 6.92 Å².